The van der Waals surface area contributed by atoms with E-state index in [0.29, 0.717) is 19.6 Å². The Labute approximate surface area is 125 Å². The van der Waals surface area contributed by atoms with Gasteiger partial charge in [0.05, 0.1) is 25.7 Å². The zero-order valence-corrected chi connectivity index (χ0v) is 12.6. The lowest BCUT2D eigenvalue weighted by Crippen LogP contribution is -2.51. The topological polar surface area (TPSA) is 73.6 Å². The molecule has 0 atom stereocenters. The highest BCUT2D eigenvalue weighted by Gasteiger charge is 2.33. The highest BCUT2D eigenvalue weighted by atomic mass is 16.5. The van der Waals surface area contributed by atoms with E-state index in [1.165, 1.54) is 0 Å². The maximum atomic E-state index is 12.0. The average molecular weight is 292 g/mol. The summed E-state index contributed by atoms with van der Waals surface area (Å²) in [7, 11) is 1.62. The molecule has 0 bridgehead atoms. The highest BCUT2D eigenvalue weighted by molar-refractivity contribution is 5.77. The average Bonchev–Trinajstić information content (AvgIpc) is 2.97. The minimum Gasteiger partial charge on any atom is -0.497 e. The summed E-state index contributed by atoms with van der Waals surface area (Å²) in [6.07, 6.45) is 4.58. The van der Waals surface area contributed by atoms with Crippen LogP contribution < -0.4 is 20.5 Å². The Hall–Kier alpha value is -1.75. The molecule has 5 heteroatoms. The van der Waals surface area contributed by atoms with Crippen molar-refractivity contribution < 1.29 is 14.3 Å². The Bertz CT molecular complexity index is 453. The fourth-order valence-corrected chi connectivity index (χ4v) is 2.72. The third kappa shape index (κ3) is 4.36. The summed E-state index contributed by atoms with van der Waals surface area (Å²) >= 11 is 0. The third-order valence-electron chi connectivity index (χ3n) is 4.01. The Morgan fingerprint density at radius 2 is 1.86 bits per heavy atom. The van der Waals surface area contributed by atoms with E-state index >= 15 is 0 Å². The molecule has 1 saturated carbocycles. The van der Waals surface area contributed by atoms with E-state index < -0.39 is 0 Å². The first-order valence-electron chi connectivity index (χ1n) is 7.45. The number of methoxy groups -OCH3 is 1. The molecule has 0 unspecified atom stereocenters. The van der Waals surface area contributed by atoms with Gasteiger partial charge in [0.1, 0.15) is 11.5 Å². The van der Waals surface area contributed by atoms with Crippen LogP contribution in [0.25, 0.3) is 0 Å². The monoisotopic (exact) mass is 292 g/mol. The van der Waals surface area contributed by atoms with Crippen molar-refractivity contribution in [3.05, 3.63) is 24.3 Å². The van der Waals surface area contributed by atoms with Crippen LogP contribution in [0, 0.1) is 0 Å². The van der Waals surface area contributed by atoms with Crippen molar-refractivity contribution in [1.82, 2.24) is 5.32 Å². The molecule has 1 aliphatic rings. The van der Waals surface area contributed by atoms with Gasteiger partial charge in [-0.3, -0.25) is 4.79 Å². The molecule has 0 aromatic heterocycles. The molecule has 0 radical (unpaired) electrons. The van der Waals surface area contributed by atoms with E-state index in [0.717, 1.165) is 37.2 Å². The zero-order valence-electron chi connectivity index (χ0n) is 12.6. The van der Waals surface area contributed by atoms with Gasteiger partial charge in [0.15, 0.2) is 0 Å². The van der Waals surface area contributed by atoms with E-state index in [-0.39, 0.29) is 11.4 Å². The zero-order chi connectivity index (χ0) is 15.1. The number of nitrogens with two attached hydrogens (primary N) is 1. The predicted molar refractivity (Wildman–Crippen MR) is 81.5 cm³/mol. The van der Waals surface area contributed by atoms with Gasteiger partial charge in [0.25, 0.3) is 0 Å². The lowest BCUT2D eigenvalue weighted by molar-refractivity contribution is -0.123. The number of carbonyl (C=O) groups excluding carboxylic acids is 1. The number of carbonyl (C=O) groups is 1. The molecule has 1 aromatic rings. The Morgan fingerprint density at radius 3 is 2.43 bits per heavy atom. The first kappa shape index (κ1) is 15.6. The molecule has 5 nitrogen and oxygen atoms in total. The molecule has 1 fully saturated rings. The van der Waals surface area contributed by atoms with Gasteiger partial charge in [0.2, 0.25) is 5.91 Å². The second-order valence-electron chi connectivity index (χ2n) is 5.51. The summed E-state index contributed by atoms with van der Waals surface area (Å²) in [6.45, 7) is 0.872. The molecular formula is C16H24N2O3. The van der Waals surface area contributed by atoms with Gasteiger partial charge < -0.3 is 20.5 Å². The quantitative estimate of drug-likeness (QED) is 0.804. The first-order valence-corrected chi connectivity index (χ1v) is 7.45. The molecule has 0 spiro atoms. The maximum Gasteiger partial charge on any atom is 0.223 e. The minimum absolute atomic E-state index is 0.0101. The minimum atomic E-state index is -0.183. The Kier molecular flexibility index (Phi) is 5.44. The van der Waals surface area contributed by atoms with E-state index in [2.05, 4.69) is 5.32 Å². The van der Waals surface area contributed by atoms with Crippen LogP contribution in [0.3, 0.4) is 0 Å². The van der Waals surface area contributed by atoms with Crippen molar-refractivity contribution in [2.75, 3.05) is 20.3 Å². The lowest BCUT2D eigenvalue weighted by atomic mass is 9.98. The van der Waals surface area contributed by atoms with Gasteiger partial charge in [-0.25, -0.2) is 0 Å². The first-order chi connectivity index (χ1) is 10.2. The van der Waals surface area contributed by atoms with Crippen molar-refractivity contribution >= 4 is 5.91 Å². The second kappa shape index (κ2) is 7.31. The van der Waals surface area contributed by atoms with Crippen molar-refractivity contribution in [3.8, 4) is 11.5 Å². The Morgan fingerprint density at radius 1 is 1.24 bits per heavy atom. The van der Waals surface area contributed by atoms with E-state index in [4.69, 9.17) is 15.2 Å². The standard InChI is InChI=1S/C16H24N2O3/c1-20-13-4-6-14(7-5-13)21-11-8-15(19)18-16(12-17)9-2-3-10-16/h4-7H,2-3,8-12,17H2,1H3,(H,18,19). The molecule has 1 aromatic carbocycles. The summed E-state index contributed by atoms with van der Waals surface area (Å²) in [5.74, 6) is 1.53. The fourth-order valence-electron chi connectivity index (χ4n) is 2.72. The van der Waals surface area contributed by atoms with Crippen molar-refractivity contribution in [2.45, 2.75) is 37.6 Å². The third-order valence-corrected chi connectivity index (χ3v) is 4.01. The molecule has 0 heterocycles. The summed E-state index contributed by atoms with van der Waals surface area (Å²) in [6, 6.07) is 7.32. The SMILES string of the molecule is COc1ccc(OCCC(=O)NC2(CN)CCCC2)cc1. The van der Waals surface area contributed by atoms with Crippen LogP contribution in [0.15, 0.2) is 24.3 Å². The molecule has 0 aliphatic heterocycles. The van der Waals surface area contributed by atoms with Crippen LogP contribution in [-0.2, 0) is 4.79 Å². The number of amides is 1. The molecule has 1 aliphatic carbocycles. The second-order valence-corrected chi connectivity index (χ2v) is 5.51. The van der Waals surface area contributed by atoms with Gasteiger partial charge in [-0.05, 0) is 37.1 Å². The number of hydrogen-bond acceptors (Lipinski definition) is 4. The number of rotatable bonds is 7. The summed E-state index contributed by atoms with van der Waals surface area (Å²) < 4.78 is 10.6. The van der Waals surface area contributed by atoms with Gasteiger partial charge >= 0.3 is 0 Å². The van der Waals surface area contributed by atoms with Crippen LogP contribution in [-0.4, -0.2) is 31.7 Å². The van der Waals surface area contributed by atoms with Gasteiger partial charge in [-0.15, -0.1) is 0 Å². The van der Waals surface area contributed by atoms with Crippen molar-refractivity contribution in [2.24, 2.45) is 5.73 Å². The Balaban J connectivity index is 1.73. The number of nitrogens with one attached hydrogen (secondary N) is 1. The summed E-state index contributed by atoms with van der Waals surface area (Å²) in [5.41, 5.74) is 5.62. The fraction of sp³-hybridized carbons (Fsp3) is 0.562. The van der Waals surface area contributed by atoms with Crippen molar-refractivity contribution in [3.63, 3.8) is 0 Å². The van der Waals surface area contributed by atoms with Gasteiger partial charge in [-0.2, -0.15) is 0 Å². The molecule has 116 valence electrons. The predicted octanol–water partition coefficient (Wildman–Crippen LogP) is 1.85. The highest BCUT2D eigenvalue weighted by Crippen LogP contribution is 2.28. The van der Waals surface area contributed by atoms with Crippen LogP contribution in [0.5, 0.6) is 11.5 Å². The molecule has 0 saturated heterocycles. The maximum absolute atomic E-state index is 12.0. The molecule has 21 heavy (non-hydrogen) atoms. The van der Waals surface area contributed by atoms with Crippen LogP contribution in [0.1, 0.15) is 32.1 Å². The number of ether oxygens (including phenoxy) is 2. The molecule has 3 N–H and O–H groups in total. The summed E-state index contributed by atoms with van der Waals surface area (Å²) in [5, 5.41) is 3.08. The van der Waals surface area contributed by atoms with Gasteiger partial charge in [0, 0.05) is 6.54 Å². The van der Waals surface area contributed by atoms with Crippen LogP contribution >= 0.6 is 0 Å². The van der Waals surface area contributed by atoms with E-state index in [1.807, 2.05) is 24.3 Å². The molecule has 1 amide bonds. The molecular weight excluding hydrogens is 268 g/mol. The van der Waals surface area contributed by atoms with Crippen molar-refractivity contribution in [1.29, 1.82) is 0 Å². The van der Waals surface area contributed by atoms with Crippen LogP contribution in [0.4, 0.5) is 0 Å². The normalized spacial score (nSPS) is 16.5. The van der Waals surface area contributed by atoms with Crippen LogP contribution in [0.2, 0.25) is 0 Å². The number of hydrogen-bond donors (Lipinski definition) is 2. The lowest BCUT2D eigenvalue weighted by Gasteiger charge is -2.28. The van der Waals surface area contributed by atoms with Gasteiger partial charge in [-0.1, -0.05) is 12.8 Å². The largest absolute Gasteiger partial charge is 0.497 e. The van der Waals surface area contributed by atoms with E-state index in [9.17, 15) is 4.79 Å². The van der Waals surface area contributed by atoms with E-state index in [1.54, 1.807) is 7.11 Å². The summed E-state index contributed by atoms with van der Waals surface area (Å²) in [4.78, 5) is 12.0. The smallest absolute Gasteiger partial charge is 0.223 e. The molecule has 2 rings (SSSR count). The number of benzene rings is 1.